The number of carbonyl (C=O) groups excluding carboxylic acids is 1. The largest absolute Gasteiger partial charge is 0.398 e. The highest BCUT2D eigenvalue weighted by molar-refractivity contribution is 7.15. The SMILES string of the molecule is Cc1cnc(NC(=O)c2cc([N+](=O)[O-])ccc2N)s1. The topological polar surface area (TPSA) is 111 Å². The van der Waals surface area contributed by atoms with Gasteiger partial charge in [-0.05, 0) is 13.0 Å². The average Bonchev–Trinajstić information content (AvgIpc) is 2.74. The van der Waals surface area contributed by atoms with Gasteiger partial charge in [0.2, 0.25) is 0 Å². The minimum absolute atomic E-state index is 0.0575. The molecule has 1 aromatic heterocycles. The lowest BCUT2D eigenvalue weighted by Crippen LogP contribution is -2.14. The van der Waals surface area contributed by atoms with E-state index in [1.165, 1.54) is 23.5 Å². The molecule has 0 unspecified atom stereocenters. The van der Waals surface area contributed by atoms with Gasteiger partial charge >= 0.3 is 0 Å². The van der Waals surface area contributed by atoms with Crippen molar-refractivity contribution in [3.05, 3.63) is 45.0 Å². The van der Waals surface area contributed by atoms with E-state index in [9.17, 15) is 14.9 Å². The van der Waals surface area contributed by atoms with Gasteiger partial charge in [-0.3, -0.25) is 20.2 Å². The maximum atomic E-state index is 12.0. The zero-order valence-corrected chi connectivity index (χ0v) is 10.7. The number of nitrogen functional groups attached to an aromatic ring is 1. The van der Waals surface area contributed by atoms with Gasteiger partial charge in [0.25, 0.3) is 11.6 Å². The van der Waals surface area contributed by atoms with E-state index in [-0.39, 0.29) is 16.9 Å². The van der Waals surface area contributed by atoms with Gasteiger partial charge in [-0.25, -0.2) is 4.98 Å². The van der Waals surface area contributed by atoms with Crippen molar-refractivity contribution in [2.75, 3.05) is 11.1 Å². The lowest BCUT2D eigenvalue weighted by molar-refractivity contribution is -0.384. The van der Waals surface area contributed by atoms with Crippen molar-refractivity contribution in [3.8, 4) is 0 Å². The van der Waals surface area contributed by atoms with E-state index in [4.69, 9.17) is 5.73 Å². The molecule has 3 N–H and O–H groups in total. The van der Waals surface area contributed by atoms with Crippen LogP contribution in [0.5, 0.6) is 0 Å². The van der Waals surface area contributed by atoms with Gasteiger partial charge in [0.05, 0.1) is 10.5 Å². The second kappa shape index (κ2) is 5.02. The third-order valence-electron chi connectivity index (χ3n) is 2.33. The van der Waals surface area contributed by atoms with E-state index < -0.39 is 10.8 Å². The van der Waals surface area contributed by atoms with Crippen molar-refractivity contribution in [1.29, 1.82) is 0 Å². The Morgan fingerprint density at radius 3 is 2.84 bits per heavy atom. The number of hydrogen-bond donors (Lipinski definition) is 2. The van der Waals surface area contributed by atoms with Crippen molar-refractivity contribution < 1.29 is 9.72 Å². The maximum Gasteiger partial charge on any atom is 0.270 e. The second-order valence-electron chi connectivity index (χ2n) is 3.76. The first-order valence-corrected chi connectivity index (χ1v) is 6.06. The number of rotatable bonds is 3. The number of thiazole rings is 1. The summed E-state index contributed by atoms with van der Waals surface area (Å²) in [5.74, 6) is -0.518. The number of carbonyl (C=O) groups is 1. The number of nitro groups is 1. The van der Waals surface area contributed by atoms with Crippen LogP contribution in [0, 0.1) is 17.0 Å². The molecule has 7 nitrogen and oxygen atoms in total. The number of hydrogen-bond acceptors (Lipinski definition) is 6. The highest BCUT2D eigenvalue weighted by Crippen LogP contribution is 2.22. The summed E-state index contributed by atoms with van der Waals surface area (Å²) in [6, 6.07) is 3.73. The Labute approximate surface area is 112 Å². The van der Waals surface area contributed by atoms with Crippen LogP contribution in [-0.4, -0.2) is 15.8 Å². The van der Waals surface area contributed by atoms with Gasteiger partial charge < -0.3 is 5.73 Å². The Morgan fingerprint density at radius 1 is 1.53 bits per heavy atom. The minimum atomic E-state index is -0.580. The molecule has 1 amide bonds. The number of benzene rings is 1. The number of nitrogens with one attached hydrogen (secondary N) is 1. The summed E-state index contributed by atoms with van der Waals surface area (Å²) in [7, 11) is 0. The van der Waals surface area contributed by atoms with E-state index in [2.05, 4.69) is 10.3 Å². The summed E-state index contributed by atoms with van der Waals surface area (Å²) in [4.78, 5) is 27.0. The predicted octanol–water partition coefficient (Wildman–Crippen LogP) is 2.19. The third-order valence-corrected chi connectivity index (χ3v) is 3.16. The molecule has 19 heavy (non-hydrogen) atoms. The van der Waals surface area contributed by atoms with Gasteiger partial charge in [-0.2, -0.15) is 0 Å². The summed E-state index contributed by atoms with van der Waals surface area (Å²) in [6.45, 7) is 1.86. The quantitative estimate of drug-likeness (QED) is 0.508. The average molecular weight is 278 g/mol. The molecule has 0 saturated carbocycles. The maximum absolute atomic E-state index is 12.0. The highest BCUT2D eigenvalue weighted by Gasteiger charge is 2.16. The van der Waals surface area contributed by atoms with E-state index in [0.717, 1.165) is 10.9 Å². The molecular formula is C11H10N4O3S. The standard InChI is InChI=1S/C11H10N4O3S/c1-6-5-13-11(19-6)14-10(16)8-4-7(15(17)18)2-3-9(8)12/h2-5H,12H2,1H3,(H,13,14,16). The third kappa shape index (κ3) is 2.86. The Morgan fingerprint density at radius 2 is 2.26 bits per heavy atom. The van der Waals surface area contributed by atoms with E-state index >= 15 is 0 Å². The monoisotopic (exact) mass is 278 g/mol. The zero-order valence-electron chi connectivity index (χ0n) is 9.91. The fourth-order valence-corrected chi connectivity index (χ4v) is 2.09. The van der Waals surface area contributed by atoms with Crippen LogP contribution in [0.2, 0.25) is 0 Å². The molecular weight excluding hydrogens is 268 g/mol. The van der Waals surface area contributed by atoms with E-state index in [0.29, 0.717) is 5.13 Å². The molecule has 0 atom stereocenters. The molecule has 0 bridgehead atoms. The molecule has 0 saturated heterocycles. The lowest BCUT2D eigenvalue weighted by Gasteiger charge is -2.04. The Bertz CT molecular complexity index is 653. The molecule has 0 spiro atoms. The molecule has 2 rings (SSSR count). The Kier molecular flexibility index (Phi) is 3.43. The number of nitrogens with zero attached hydrogens (tertiary/aromatic N) is 2. The van der Waals surface area contributed by atoms with Crippen LogP contribution in [0.4, 0.5) is 16.5 Å². The van der Waals surface area contributed by atoms with Gasteiger partial charge in [0.1, 0.15) is 0 Å². The van der Waals surface area contributed by atoms with Gasteiger partial charge in [0, 0.05) is 28.9 Å². The fourth-order valence-electron chi connectivity index (χ4n) is 1.43. The number of non-ortho nitro benzene ring substituents is 1. The number of nitro benzene ring substituents is 1. The predicted molar refractivity (Wildman–Crippen MR) is 72.3 cm³/mol. The Hall–Kier alpha value is -2.48. The lowest BCUT2D eigenvalue weighted by atomic mass is 10.1. The second-order valence-corrected chi connectivity index (χ2v) is 4.99. The first-order valence-electron chi connectivity index (χ1n) is 5.25. The van der Waals surface area contributed by atoms with Crippen LogP contribution in [0.3, 0.4) is 0 Å². The van der Waals surface area contributed by atoms with Crippen molar-refractivity contribution in [3.63, 3.8) is 0 Å². The first-order chi connectivity index (χ1) is 8.97. The zero-order chi connectivity index (χ0) is 14.0. The van der Waals surface area contributed by atoms with Crippen LogP contribution in [0.15, 0.2) is 24.4 Å². The summed E-state index contributed by atoms with van der Waals surface area (Å²) < 4.78 is 0. The highest BCUT2D eigenvalue weighted by atomic mass is 32.1. The number of anilines is 2. The normalized spacial score (nSPS) is 10.2. The minimum Gasteiger partial charge on any atom is -0.398 e. The van der Waals surface area contributed by atoms with Gasteiger partial charge in [-0.15, -0.1) is 11.3 Å². The molecule has 1 heterocycles. The molecule has 0 radical (unpaired) electrons. The number of aromatic nitrogens is 1. The van der Waals surface area contributed by atoms with Crippen molar-refractivity contribution in [2.24, 2.45) is 0 Å². The van der Waals surface area contributed by atoms with E-state index in [1.807, 2.05) is 6.92 Å². The van der Waals surface area contributed by atoms with Crippen LogP contribution in [0.1, 0.15) is 15.2 Å². The van der Waals surface area contributed by atoms with E-state index in [1.54, 1.807) is 6.20 Å². The molecule has 0 aliphatic heterocycles. The smallest absolute Gasteiger partial charge is 0.270 e. The molecule has 0 aliphatic rings. The summed E-state index contributed by atoms with van der Waals surface area (Å²) in [6.07, 6.45) is 1.62. The molecule has 0 aliphatic carbocycles. The van der Waals surface area contributed by atoms with Crippen LogP contribution in [-0.2, 0) is 0 Å². The first kappa shape index (κ1) is 13.0. The number of aryl methyl sites for hydroxylation is 1. The van der Waals surface area contributed by atoms with Crippen molar-refractivity contribution in [1.82, 2.24) is 4.98 Å². The molecule has 8 heteroatoms. The Balaban J connectivity index is 2.27. The summed E-state index contributed by atoms with van der Waals surface area (Å²) in [5, 5.41) is 13.6. The van der Waals surface area contributed by atoms with Crippen molar-refractivity contribution in [2.45, 2.75) is 6.92 Å². The summed E-state index contributed by atoms with van der Waals surface area (Å²) in [5.41, 5.74) is 5.70. The number of nitrogens with two attached hydrogens (primary N) is 1. The summed E-state index contributed by atoms with van der Waals surface area (Å²) >= 11 is 1.31. The molecule has 2 aromatic rings. The van der Waals surface area contributed by atoms with Crippen LogP contribution in [0.25, 0.3) is 0 Å². The van der Waals surface area contributed by atoms with Crippen molar-refractivity contribution >= 4 is 33.8 Å². The molecule has 0 fully saturated rings. The van der Waals surface area contributed by atoms with Gasteiger partial charge in [0.15, 0.2) is 5.13 Å². The van der Waals surface area contributed by atoms with Crippen LogP contribution < -0.4 is 11.1 Å². The molecule has 1 aromatic carbocycles. The fraction of sp³-hybridized carbons (Fsp3) is 0.0909. The van der Waals surface area contributed by atoms with Crippen LogP contribution >= 0.6 is 11.3 Å². The number of amides is 1. The molecule has 98 valence electrons. The van der Waals surface area contributed by atoms with Gasteiger partial charge in [-0.1, -0.05) is 0 Å².